The van der Waals surface area contributed by atoms with Gasteiger partial charge in [-0.2, -0.15) is 5.10 Å². The van der Waals surface area contributed by atoms with Gasteiger partial charge in [0.2, 0.25) is 0 Å². The molecule has 1 N–H and O–H groups in total. The molecule has 3 heterocycles. The summed E-state index contributed by atoms with van der Waals surface area (Å²) in [5.41, 5.74) is 0.301. The van der Waals surface area contributed by atoms with Gasteiger partial charge in [-0.15, -0.1) is 0 Å². The molecule has 1 unspecified atom stereocenters. The summed E-state index contributed by atoms with van der Waals surface area (Å²) in [5, 5.41) is 10.8. The maximum absolute atomic E-state index is 14.1. The fourth-order valence-electron chi connectivity index (χ4n) is 3.78. The van der Waals surface area contributed by atoms with Crippen LogP contribution in [0.4, 0.5) is 8.78 Å². The van der Waals surface area contributed by atoms with Crippen molar-refractivity contribution >= 4 is 11.7 Å². The smallest absolute Gasteiger partial charge is 0.273 e. The topological polar surface area (TPSA) is 112 Å². The number of hydrogen-bond acceptors (Lipinski definition) is 7. The Morgan fingerprint density at radius 1 is 1.17 bits per heavy atom. The second kappa shape index (κ2) is 9.68. The third-order valence-corrected chi connectivity index (χ3v) is 5.85. The molecular weight excluding hydrogens is 472 g/mol. The normalized spacial score (nSPS) is 12.7. The number of amides is 1. The number of ether oxygens (including phenoxy) is 1. The van der Waals surface area contributed by atoms with Crippen LogP contribution in [0.2, 0.25) is 0 Å². The summed E-state index contributed by atoms with van der Waals surface area (Å²) in [5.74, 6) is -1.99. The van der Waals surface area contributed by atoms with Crippen LogP contribution < -0.4 is 10.1 Å². The molecule has 0 saturated carbocycles. The highest BCUT2D eigenvalue weighted by molar-refractivity contribution is 5.93. The Labute approximate surface area is 205 Å². The van der Waals surface area contributed by atoms with E-state index in [0.29, 0.717) is 23.1 Å². The average molecular weight is 495 g/mol. The molecule has 9 nitrogen and oxygen atoms in total. The quantitative estimate of drug-likeness (QED) is 0.371. The van der Waals surface area contributed by atoms with E-state index in [1.165, 1.54) is 26.2 Å². The number of aromatic nitrogens is 4. The number of aryl methyl sites for hydroxylation is 1. The number of nitrogens with zero attached hydrogens (tertiary/aromatic N) is 4. The van der Waals surface area contributed by atoms with Crippen LogP contribution in [0.25, 0.3) is 11.3 Å². The number of rotatable bonds is 8. The predicted octanol–water partition coefficient (Wildman–Crippen LogP) is 3.70. The van der Waals surface area contributed by atoms with Crippen LogP contribution in [-0.4, -0.2) is 45.3 Å². The average Bonchev–Trinajstić information content (AvgIpc) is 3.51. The first kappa shape index (κ1) is 24.7. The fourth-order valence-corrected chi connectivity index (χ4v) is 3.78. The summed E-state index contributed by atoms with van der Waals surface area (Å²) in [6.45, 7) is 3.27. The van der Waals surface area contributed by atoms with Crippen molar-refractivity contribution in [1.29, 1.82) is 0 Å². The van der Waals surface area contributed by atoms with Crippen LogP contribution in [0.1, 0.15) is 46.1 Å². The molecule has 1 atom stereocenters. The second-order valence-corrected chi connectivity index (χ2v) is 8.42. The first-order valence-electron chi connectivity index (χ1n) is 10.9. The van der Waals surface area contributed by atoms with E-state index in [4.69, 9.17) is 9.26 Å². The van der Waals surface area contributed by atoms with Gasteiger partial charge in [-0.05, 0) is 31.2 Å². The summed E-state index contributed by atoms with van der Waals surface area (Å²) >= 11 is 0. The zero-order chi connectivity index (χ0) is 26.0. The monoisotopic (exact) mass is 495 g/mol. The zero-order valence-corrected chi connectivity index (χ0v) is 20.0. The van der Waals surface area contributed by atoms with Crippen LogP contribution in [0.15, 0.2) is 53.3 Å². The van der Waals surface area contributed by atoms with E-state index < -0.39 is 23.0 Å². The van der Waals surface area contributed by atoms with Gasteiger partial charge in [0.25, 0.3) is 5.91 Å². The molecule has 11 heteroatoms. The third-order valence-electron chi connectivity index (χ3n) is 5.85. The number of pyridine rings is 1. The van der Waals surface area contributed by atoms with Crippen LogP contribution in [0.5, 0.6) is 5.75 Å². The van der Waals surface area contributed by atoms with Crippen molar-refractivity contribution in [2.75, 3.05) is 13.7 Å². The first-order chi connectivity index (χ1) is 17.1. The van der Waals surface area contributed by atoms with Gasteiger partial charge in [0.1, 0.15) is 23.1 Å². The van der Waals surface area contributed by atoms with Gasteiger partial charge in [0.05, 0.1) is 30.0 Å². The number of carbonyl (C=O) groups excluding carboxylic acids is 2. The Morgan fingerprint density at radius 2 is 1.94 bits per heavy atom. The molecule has 4 aromatic rings. The van der Waals surface area contributed by atoms with Gasteiger partial charge in [-0.3, -0.25) is 14.3 Å². The summed E-state index contributed by atoms with van der Waals surface area (Å²) in [7, 11) is 3.24. The molecule has 3 aromatic heterocycles. The van der Waals surface area contributed by atoms with Crippen molar-refractivity contribution in [3.8, 4) is 17.1 Å². The lowest BCUT2D eigenvalue weighted by molar-refractivity contribution is 0.0936. The molecule has 0 aliphatic rings. The molecule has 0 saturated heterocycles. The molecule has 0 aliphatic heterocycles. The summed E-state index contributed by atoms with van der Waals surface area (Å²) in [4.78, 5) is 29.5. The highest BCUT2D eigenvalue weighted by Crippen LogP contribution is 2.36. The Kier molecular flexibility index (Phi) is 6.65. The molecule has 0 spiro atoms. The SMILES string of the molecule is COc1ccc(C(C)=O)nc1C(C)(CNC(=O)c1cc(-c2ccc(F)cc2F)on1)c1cnn(C)c1. The Hall–Kier alpha value is -4.41. The van der Waals surface area contributed by atoms with Crippen LogP contribution in [-0.2, 0) is 12.5 Å². The largest absolute Gasteiger partial charge is 0.495 e. The highest BCUT2D eigenvalue weighted by Gasteiger charge is 2.36. The van der Waals surface area contributed by atoms with E-state index in [1.807, 2.05) is 6.92 Å². The van der Waals surface area contributed by atoms with Crippen molar-refractivity contribution in [1.82, 2.24) is 25.2 Å². The van der Waals surface area contributed by atoms with Gasteiger partial charge in [0, 0.05) is 44.4 Å². The van der Waals surface area contributed by atoms with E-state index in [9.17, 15) is 18.4 Å². The summed E-state index contributed by atoms with van der Waals surface area (Å²) in [6, 6.07) is 7.48. The van der Waals surface area contributed by atoms with Gasteiger partial charge >= 0.3 is 0 Å². The van der Waals surface area contributed by atoms with Gasteiger partial charge in [0.15, 0.2) is 17.2 Å². The minimum atomic E-state index is -0.962. The summed E-state index contributed by atoms with van der Waals surface area (Å²) < 4.78 is 39.6. The second-order valence-electron chi connectivity index (χ2n) is 8.42. The molecule has 36 heavy (non-hydrogen) atoms. The number of ketones is 1. The first-order valence-corrected chi connectivity index (χ1v) is 10.9. The molecule has 0 aliphatic carbocycles. The van der Waals surface area contributed by atoms with Gasteiger partial charge in [-0.1, -0.05) is 5.16 Å². The Bertz CT molecular complexity index is 1450. The van der Waals surface area contributed by atoms with E-state index in [2.05, 4.69) is 20.6 Å². The van der Waals surface area contributed by atoms with E-state index in [-0.39, 0.29) is 35.0 Å². The fraction of sp³-hybridized carbons (Fsp3) is 0.240. The molecule has 1 amide bonds. The lowest BCUT2D eigenvalue weighted by Gasteiger charge is -2.30. The van der Waals surface area contributed by atoms with Crippen molar-refractivity contribution in [3.05, 3.63) is 83.1 Å². The minimum Gasteiger partial charge on any atom is -0.495 e. The molecule has 186 valence electrons. The molecule has 4 rings (SSSR count). The third kappa shape index (κ3) is 4.72. The number of carbonyl (C=O) groups is 2. The van der Waals surface area contributed by atoms with Crippen LogP contribution >= 0.6 is 0 Å². The van der Waals surface area contributed by atoms with Crippen molar-refractivity contribution in [3.63, 3.8) is 0 Å². The van der Waals surface area contributed by atoms with E-state index in [1.54, 1.807) is 36.3 Å². The maximum Gasteiger partial charge on any atom is 0.273 e. The lowest BCUT2D eigenvalue weighted by atomic mass is 9.79. The number of halogens is 2. The van der Waals surface area contributed by atoms with Gasteiger partial charge in [-0.25, -0.2) is 13.8 Å². The lowest BCUT2D eigenvalue weighted by Crippen LogP contribution is -2.40. The predicted molar refractivity (Wildman–Crippen MR) is 125 cm³/mol. The highest BCUT2D eigenvalue weighted by atomic mass is 19.1. The van der Waals surface area contributed by atoms with E-state index >= 15 is 0 Å². The number of Topliss-reactive ketones (excluding diaryl/α,β-unsaturated/α-hetero) is 1. The van der Waals surface area contributed by atoms with E-state index in [0.717, 1.165) is 6.07 Å². The van der Waals surface area contributed by atoms with Gasteiger partial charge < -0.3 is 14.6 Å². The minimum absolute atomic E-state index is 0.0230. The molecule has 1 aromatic carbocycles. The van der Waals surface area contributed by atoms with Crippen molar-refractivity contribution in [2.45, 2.75) is 19.3 Å². The van der Waals surface area contributed by atoms with Crippen molar-refractivity contribution in [2.24, 2.45) is 7.05 Å². The van der Waals surface area contributed by atoms with Crippen LogP contribution in [0, 0.1) is 11.6 Å². The standard InChI is InChI=1S/C25H23F2N5O4/c1-14(33)19-7-8-21(35-4)23(30-19)25(2,15-11-29-32(3)12-15)13-28-24(34)20-10-22(36-31-20)17-6-5-16(26)9-18(17)27/h5-12H,13H2,1-4H3,(H,28,34). The molecule has 0 bridgehead atoms. The Morgan fingerprint density at radius 3 is 2.58 bits per heavy atom. The Balaban J connectivity index is 1.66. The number of benzene rings is 1. The van der Waals surface area contributed by atoms with Crippen molar-refractivity contribution < 1.29 is 27.6 Å². The summed E-state index contributed by atoms with van der Waals surface area (Å²) in [6.07, 6.45) is 3.42. The molecule has 0 radical (unpaired) electrons. The number of methoxy groups -OCH3 is 1. The van der Waals surface area contributed by atoms with Crippen LogP contribution in [0.3, 0.4) is 0 Å². The number of nitrogens with one attached hydrogen (secondary N) is 1. The zero-order valence-electron chi connectivity index (χ0n) is 20.0. The molecular formula is C25H23F2N5O4. The number of hydrogen-bond donors (Lipinski definition) is 1. The maximum atomic E-state index is 14.1. The molecule has 0 fully saturated rings.